The molecule has 1 aliphatic rings. The van der Waals surface area contributed by atoms with Crippen molar-refractivity contribution >= 4 is 0 Å². The smallest absolute Gasteiger partial charge is 0.126 e. The number of rotatable bonds is 6. The summed E-state index contributed by atoms with van der Waals surface area (Å²) in [5, 5.41) is 0. The number of halogens is 1. The van der Waals surface area contributed by atoms with Crippen molar-refractivity contribution in [3.8, 4) is 0 Å². The Bertz CT molecular complexity index is 421. The molecule has 3 heteroatoms. The highest BCUT2D eigenvalue weighted by Gasteiger charge is 2.32. The van der Waals surface area contributed by atoms with E-state index in [-0.39, 0.29) is 5.82 Å². The summed E-state index contributed by atoms with van der Waals surface area (Å²) in [7, 11) is 0. The summed E-state index contributed by atoms with van der Waals surface area (Å²) in [5.41, 5.74) is 6.73. The number of hydrogen-bond donors (Lipinski definition) is 1. The second-order valence-corrected chi connectivity index (χ2v) is 5.97. The Morgan fingerprint density at radius 3 is 2.75 bits per heavy atom. The molecule has 0 bridgehead atoms. The highest BCUT2D eigenvalue weighted by Crippen LogP contribution is 2.31. The third-order valence-corrected chi connectivity index (χ3v) is 4.75. The lowest BCUT2D eigenvalue weighted by Gasteiger charge is -2.36. The van der Waals surface area contributed by atoms with E-state index < -0.39 is 0 Å². The second kappa shape index (κ2) is 7.19. The Kier molecular flexibility index (Phi) is 5.55. The molecule has 3 unspecified atom stereocenters. The van der Waals surface area contributed by atoms with Gasteiger partial charge in [0.2, 0.25) is 0 Å². The van der Waals surface area contributed by atoms with Crippen LogP contribution >= 0.6 is 0 Å². The first kappa shape index (κ1) is 15.5. The minimum Gasteiger partial charge on any atom is -0.330 e. The second-order valence-electron chi connectivity index (χ2n) is 5.97. The molecule has 1 aromatic rings. The van der Waals surface area contributed by atoms with Crippen LogP contribution in [0.4, 0.5) is 4.39 Å². The van der Waals surface area contributed by atoms with Crippen molar-refractivity contribution in [3.63, 3.8) is 0 Å². The molecule has 0 amide bonds. The van der Waals surface area contributed by atoms with Crippen molar-refractivity contribution in [1.82, 2.24) is 4.90 Å². The zero-order valence-electron chi connectivity index (χ0n) is 12.7. The fraction of sp³-hybridized carbons (Fsp3) is 0.647. The first-order chi connectivity index (χ1) is 9.67. The maximum absolute atomic E-state index is 13.8. The minimum absolute atomic E-state index is 0.0859. The summed E-state index contributed by atoms with van der Waals surface area (Å²) in [6.07, 6.45) is 4.52. The molecule has 0 saturated heterocycles. The van der Waals surface area contributed by atoms with Crippen LogP contribution in [-0.2, 0) is 6.42 Å². The Morgan fingerprint density at radius 1 is 1.35 bits per heavy atom. The summed E-state index contributed by atoms with van der Waals surface area (Å²) >= 11 is 0. The first-order valence-corrected chi connectivity index (χ1v) is 7.86. The van der Waals surface area contributed by atoms with Gasteiger partial charge in [0.05, 0.1) is 0 Å². The maximum Gasteiger partial charge on any atom is 0.126 e. The predicted molar refractivity (Wildman–Crippen MR) is 82.1 cm³/mol. The van der Waals surface area contributed by atoms with Crippen molar-refractivity contribution in [3.05, 3.63) is 35.6 Å². The topological polar surface area (TPSA) is 29.3 Å². The Balaban J connectivity index is 2.05. The molecule has 0 aliphatic heterocycles. The zero-order valence-corrected chi connectivity index (χ0v) is 12.7. The maximum atomic E-state index is 13.8. The van der Waals surface area contributed by atoms with Gasteiger partial charge in [-0.1, -0.05) is 31.5 Å². The molecular formula is C17H27FN2. The molecule has 0 spiro atoms. The largest absolute Gasteiger partial charge is 0.330 e. The molecule has 2 N–H and O–H groups in total. The summed E-state index contributed by atoms with van der Waals surface area (Å²) in [6, 6.07) is 8.05. The molecule has 2 nitrogen and oxygen atoms in total. The van der Waals surface area contributed by atoms with Crippen LogP contribution in [0.15, 0.2) is 24.3 Å². The molecule has 112 valence electrons. The van der Waals surface area contributed by atoms with Gasteiger partial charge in [0.25, 0.3) is 0 Å². The van der Waals surface area contributed by atoms with E-state index in [0.29, 0.717) is 18.0 Å². The molecule has 3 atom stereocenters. The van der Waals surface area contributed by atoms with Gasteiger partial charge in [-0.25, -0.2) is 4.39 Å². The first-order valence-electron chi connectivity index (χ1n) is 7.86. The number of nitrogens with zero attached hydrogens (tertiary/aromatic N) is 1. The van der Waals surface area contributed by atoms with Gasteiger partial charge in [-0.05, 0) is 56.8 Å². The van der Waals surface area contributed by atoms with Crippen LogP contribution in [0, 0.1) is 11.7 Å². The van der Waals surface area contributed by atoms with Crippen LogP contribution < -0.4 is 5.73 Å². The van der Waals surface area contributed by atoms with Gasteiger partial charge < -0.3 is 5.73 Å². The lowest BCUT2D eigenvalue weighted by atomic mass is 9.98. The van der Waals surface area contributed by atoms with Crippen LogP contribution in [0.3, 0.4) is 0 Å². The monoisotopic (exact) mass is 278 g/mol. The molecule has 0 heterocycles. The van der Waals surface area contributed by atoms with E-state index in [9.17, 15) is 4.39 Å². The molecule has 0 aromatic heterocycles. The highest BCUT2D eigenvalue weighted by molar-refractivity contribution is 5.18. The molecule has 1 aliphatic carbocycles. The SMILES string of the molecule is CCN(C(C)Cc1ccccc1F)C1CCCC1CN. The van der Waals surface area contributed by atoms with Crippen LogP contribution in [0.5, 0.6) is 0 Å². The molecule has 1 saturated carbocycles. The Morgan fingerprint density at radius 2 is 2.10 bits per heavy atom. The molecular weight excluding hydrogens is 251 g/mol. The van der Waals surface area contributed by atoms with Gasteiger partial charge in [0.15, 0.2) is 0 Å². The van der Waals surface area contributed by atoms with Crippen LogP contribution in [0.25, 0.3) is 0 Å². The standard InChI is InChI=1S/C17H27FN2/c1-3-20(17-10-6-8-15(17)12-19)13(2)11-14-7-4-5-9-16(14)18/h4-5,7,9,13,15,17H,3,6,8,10-12,19H2,1-2H3. The van der Waals surface area contributed by atoms with E-state index in [0.717, 1.165) is 25.1 Å². The van der Waals surface area contributed by atoms with E-state index in [4.69, 9.17) is 5.73 Å². The van der Waals surface area contributed by atoms with Gasteiger partial charge in [-0.3, -0.25) is 4.90 Å². The normalized spacial score (nSPS) is 24.2. The van der Waals surface area contributed by atoms with E-state index >= 15 is 0 Å². The average Bonchev–Trinajstić information content (AvgIpc) is 2.90. The number of nitrogens with two attached hydrogens (primary N) is 1. The van der Waals surface area contributed by atoms with Gasteiger partial charge in [-0.15, -0.1) is 0 Å². The fourth-order valence-corrected chi connectivity index (χ4v) is 3.70. The van der Waals surface area contributed by atoms with Crippen LogP contribution in [-0.4, -0.2) is 30.1 Å². The molecule has 0 radical (unpaired) electrons. The highest BCUT2D eigenvalue weighted by atomic mass is 19.1. The zero-order chi connectivity index (χ0) is 14.5. The van der Waals surface area contributed by atoms with Crippen molar-refractivity contribution in [2.24, 2.45) is 11.7 Å². The Labute approximate surface area is 122 Å². The molecule has 2 rings (SSSR count). The van der Waals surface area contributed by atoms with Crippen molar-refractivity contribution < 1.29 is 4.39 Å². The molecule has 1 aromatic carbocycles. The number of hydrogen-bond acceptors (Lipinski definition) is 2. The summed E-state index contributed by atoms with van der Waals surface area (Å²) in [4.78, 5) is 2.52. The third-order valence-electron chi connectivity index (χ3n) is 4.75. The van der Waals surface area contributed by atoms with Gasteiger partial charge >= 0.3 is 0 Å². The van der Waals surface area contributed by atoms with E-state index in [1.165, 1.54) is 19.3 Å². The van der Waals surface area contributed by atoms with Crippen molar-refractivity contribution in [2.75, 3.05) is 13.1 Å². The minimum atomic E-state index is -0.0859. The fourth-order valence-electron chi connectivity index (χ4n) is 3.70. The summed E-state index contributed by atoms with van der Waals surface area (Å²) in [6.45, 7) is 6.19. The number of benzene rings is 1. The molecule has 1 fully saturated rings. The summed E-state index contributed by atoms with van der Waals surface area (Å²) in [5.74, 6) is 0.523. The third kappa shape index (κ3) is 3.39. The van der Waals surface area contributed by atoms with E-state index in [1.807, 2.05) is 12.1 Å². The van der Waals surface area contributed by atoms with Crippen molar-refractivity contribution in [2.45, 2.75) is 51.6 Å². The van der Waals surface area contributed by atoms with E-state index in [2.05, 4.69) is 18.7 Å². The number of likely N-dealkylation sites (N-methyl/N-ethyl adjacent to an activating group) is 1. The molecule has 20 heavy (non-hydrogen) atoms. The van der Waals surface area contributed by atoms with Crippen molar-refractivity contribution in [1.29, 1.82) is 0 Å². The van der Waals surface area contributed by atoms with Gasteiger partial charge in [0, 0.05) is 12.1 Å². The van der Waals surface area contributed by atoms with Crippen LogP contribution in [0.1, 0.15) is 38.7 Å². The predicted octanol–water partition coefficient (Wildman–Crippen LogP) is 3.21. The quantitative estimate of drug-likeness (QED) is 0.866. The van der Waals surface area contributed by atoms with Crippen LogP contribution in [0.2, 0.25) is 0 Å². The summed E-state index contributed by atoms with van der Waals surface area (Å²) < 4.78 is 13.8. The van der Waals surface area contributed by atoms with E-state index in [1.54, 1.807) is 12.1 Å². The van der Waals surface area contributed by atoms with Gasteiger partial charge in [0.1, 0.15) is 5.82 Å². The lowest BCUT2D eigenvalue weighted by molar-refractivity contribution is 0.122. The lowest BCUT2D eigenvalue weighted by Crippen LogP contribution is -2.46. The Hall–Kier alpha value is -0.930. The average molecular weight is 278 g/mol. The van der Waals surface area contributed by atoms with Gasteiger partial charge in [-0.2, -0.15) is 0 Å².